The summed E-state index contributed by atoms with van der Waals surface area (Å²) < 4.78 is 0. The van der Waals surface area contributed by atoms with Crippen LogP contribution in [0, 0.1) is 20.8 Å². The molecule has 0 aliphatic carbocycles. The zero-order valence-electron chi connectivity index (χ0n) is 14.0. The molecule has 0 fully saturated rings. The zero-order valence-corrected chi connectivity index (χ0v) is 14.0. The second-order valence-corrected chi connectivity index (χ2v) is 5.94. The van der Waals surface area contributed by atoms with E-state index < -0.39 is 0 Å². The minimum absolute atomic E-state index is 0.0252. The fraction of sp³-hybridized carbons (Fsp3) is 0.300. The predicted molar refractivity (Wildman–Crippen MR) is 92.5 cm³/mol. The van der Waals surface area contributed by atoms with Crippen LogP contribution in [0.25, 0.3) is 0 Å². The number of carbonyl (C=O) groups excluding carboxylic acids is 2. The van der Waals surface area contributed by atoms with Gasteiger partial charge in [-0.25, -0.2) is 0 Å². The number of ketones is 1. The minimum atomic E-state index is -0.0908. The monoisotopic (exact) mass is 309 g/mol. The van der Waals surface area contributed by atoms with Crippen LogP contribution >= 0.6 is 0 Å². The number of nitrogens with one attached hydrogen (secondary N) is 1. The van der Waals surface area contributed by atoms with Crippen LogP contribution in [0.5, 0.6) is 0 Å². The summed E-state index contributed by atoms with van der Waals surface area (Å²) in [5.74, 6) is -0.0656. The molecule has 3 nitrogen and oxygen atoms in total. The molecule has 2 rings (SSSR count). The predicted octanol–water partition coefficient (Wildman–Crippen LogP) is 3.89. The lowest BCUT2D eigenvalue weighted by Gasteiger charge is -2.09. The molecular formula is C20H23NO2. The van der Waals surface area contributed by atoms with E-state index in [1.54, 1.807) is 0 Å². The fourth-order valence-electron chi connectivity index (χ4n) is 2.49. The van der Waals surface area contributed by atoms with E-state index in [4.69, 9.17) is 0 Å². The van der Waals surface area contributed by atoms with Crippen molar-refractivity contribution in [2.24, 2.45) is 0 Å². The van der Waals surface area contributed by atoms with Gasteiger partial charge in [-0.05, 0) is 43.5 Å². The van der Waals surface area contributed by atoms with Crippen molar-refractivity contribution < 1.29 is 9.59 Å². The Morgan fingerprint density at radius 2 is 1.65 bits per heavy atom. The van der Waals surface area contributed by atoms with Crippen LogP contribution in [0.2, 0.25) is 0 Å². The average Bonchev–Trinajstić information content (AvgIpc) is 2.54. The Bertz CT molecular complexity index is 719. The van der Waals surface area contributed by atoms with Gasteiger partial charge in [0.25, 0.3) is 0 Å². The third-order valence-corrected chi connectivity index (χ3v) is 4.01. The topological polar surface area (TPSA) is 46.2 Å². The lowest BCUT2D eigenvalue weighted by Crippen LogP contribution is -2.23. The highest BCUT2D eigenvalue weighted by Gasteiger charge is 2.12. The molecule has 0 saturated carbocycles. The molecule has 0 heterocycles. The first-order valence-corrected chi connectivity index (χ1v) is 7.89. The molecule has 0 spiro atoms. The summed E-state index contributed by atoms with van der Waals surface area (Å²) in [6.45, 7) is 6.41. The molecule has 0 atom stereocenters. The van der Waals surface area contributed by atoms with Gasteiger partial charge in [-0.1, -0.05) is 42.0 Å². The van der Waals surface area contributed by atoms with Gasteiger partial charge in [-0.2, -0.15) is 0 Å². The normalized spacial score (nSPS) is 10.4. The lowest BCUT2D eigenvalue weighted by atomic mass is 9.99. The Morgan fingerprint density at radius 1 is 0.913 bits per heavy atom. The van der Waals surface area contributed by atoms with E-state index in [2.05, 4.69) is 5.32 Å². The van der Waals surface area contributed by atoms with Crippen LogP contribution in [0.1, 0.15) is 45.5 Å². The second-order valence-electron chi connectivity index (χ2n) is 5.94. The SMILES string of the molecule is Cc1ccc(C)c(C(=O)CCC(=O)NCc2ccccc2C)c1. The van der Waals surface area contributed by atoms with Gasteiger partial charge in [0.05, 0.1) is 0 Å². The van der Waals surface area contributed by atoms with Gasteiger partial charge in [0.2, 0.25) is 5.91 Å². The van der Waals surface area contributed by atoms with E-state index in [0.29, 0.717) is 6.54 Å². The first-order chi connectivity index (χ1) is 11.0. The molecule has 0 bridgehead atoms. The number of amides is 1. The maximum Gasteiger partial charge on any atom is 0.220 e. The summed E-state index contributed by atoms with van der Waals surface area (Å²) in [7, 11) is 0. The minimum Gasteiger partial charge on any atom is -0.352 e. The summed E-state index contributed by atoms with van der Waals surface area (Å²) in [6, 6.07) is 13.8. The number of Topliss-reactive ketones (excluding diaryl/α,β-unsaturated/α-hetero) is 1. The van der Waals surface area contributed by atoms with E-state index in [0.717, 1.165) is 27.8 Å². The molecule has 0 radical (unpaired) electrons. The van der Waals surface area contributed by atoms with Crippen molar-refractivity contribution in [3.05, 3.63) is 70.3 Å². The molecule has 0 unspecified atom stereocenters. The van der Waals surface area contributed by atoms with E-state index in [1.807, 2.05) is 63.2 Å². The molecule has 1 N–H and O–H groups in total. The average molecular weight is 309 g/mol. The quantitative estimate of drug-likeness (QED) is 0.823. The van der Waals surface area contributed by atoms with Gasteiger partial charge in [0.1, 0.15) is 0 Å². The lowest BCUT2D eigenvalue weighted by molar-refractivity contribution is -0.121. The summed E-state index contributed by atoms with van der Waals surface area (Å²) in [4.78, 5) is 24.2. The Kier molecular flexibility index (Phi) is 5.69. The standard InChI is InChI=1S/C20H23NO2/c1-14-8-9-16(3)18(12-14)19(22)10-11-20(23)21-13-17-7-5-4-6-15(17)2/h4-9,12H,10-11,13H2,1-3H3,(H,21,23). The number of hydrogen-bond donors (Lipinski definition) is 1. The molecular weight excluding hydrogens is 286 g/mol. The molecule has 0 aliphatic rings. The van der Waals surface area contributed by atoms with Gasteiger partial charge in [0.15, 0.2) is 5.78 Å². The molecule has 2 aromatic rings. The number of aryl methyl sites for hydroxylation is 3. The third kappa shape index (κ3) is 4.78. The van der Waals surface area contributed by atoms with Crippen LogP contribution in [-0.4, -0.2) is 11.7 Å². The molecule has 0 aromatic heterocycles. The van der Waals surface area contributed by atoms with Crippen LogP contribution in [0.3, 0.4) is 0 Å². The molecule has 2 aromatic carbocycles. The van der Waals surface area contributed by atoms with E-state index >= 15 is 0 Å². The first-order valence-electron chi connectivity index (χ1n) is 7.89. The Morgan fingerprint density at radius 3 is 2.39 bits per heavy atom. The molecule has 23 heavy (non-hydrogen) atoms. The van der Waals surface area contributed by atoms with Gasteiger partial charge < -0.3 is 5.32 Å². The Hall–Kier alpha value is -2.42. The Labute approximate surface area is 137 Å². The smallest absolute Gasteiger partial charge is 0.220 e. The van der Waals surface area contributed by atoms with Gasteiger partial charge in [-0.15, -0.1) is 0 Å². The van der Waals surface area contributed by atoms with Crippen LogP contribution in [-0.2, 0) is 11.3 Å². The summed E-state index contributed by atoms with van der Waals surface area (Å²) in [5.41, 5.74) is 4.99. The largest absolute Gasteiger partial charge is 0.352 e. The molecule has 3 heteroatoms. The van der Waals surface area contributed by atoms with Crippen molar-refractivity contribution >= 4 is 11.7 Å². The van der Waals surface area contributed by atoms with Crippen molar-refractivity contribution in [3.63, 3.8) is 0 Å². The number of benzene rings is 2. The zero-order chi connectivity index (χ0) is 16.8. The number of hydrogen-bond acceptors (Lipinski definition) is 2. The van der Waals surface area contributed by atoms with Crippen molar-refractivity contribution in [1.82, 2.24) is 5.32 Å². The van der Waals surface area contributed by atoms with Crippen molar-refractivity contribution in [2.45, 2.75) is 40.2 Å². The van der Waals surface area contributed by atoms with Crippen molar-refractivity contribution in [3.8, 4) is 0 Å². The second kappa shape index (κ2) is 7.73. The maximum atomic E-state index is 12.3. The van der Waals surface area contributed by atoms with Crippen LogP contribution in [0.4, 0.5) is 0 Å². The van der Waals surface area contributed by atoms with Crippen molar-refractivity contribution in [1.29, 1.82) is 0 Å². The van der Waals surface area contributed by atoms with Gasteiger partial charge >= 0.3 is 0 Å². The molecule has 0 saturated heterocycles. The van der Waals surface area contributed by atoms with Crippen molar-refractivity contribution in [2.75, 3.05) is 0 Å². The van der Waals surface area contributed by atoms with E-state index in [1.165, 1.54) is 0 Å². The number of rotatable bonds is 6. The van der Waals surface area contributed by atoms with Crippen LogP contribution < -0.4 is 5.32 Å². The van der Waals surface area contributed by atoms with E-state index in [-0.39, 0.29) is 24.5 Å². The molecule has 120 valence electrons. The van der Waals surface area contributed by atoms with Gasteiger partial charge in [-0.3, -0.25) is 9.59 Å². The van der Waals surface area contributed by atoms with Gasteiger partial charge in [0, 0.05) is 24.9 Å². The third-order valence-electron chi connectivity index (χ3n) is 4.01. The molecule has 1 amide bonds. The maximum absolute atomic E-state index is 12.3. The highest BCUT2D eigenvalue weighted by Crippen LogP contribution is 2.14. The van der Waals surface area contributed by atoms with E-state index in [9.17, 15) is 9.59 Å². The fourth-order valence-corrected chi connectivity index (χ4v) is 2.49. The Balaban J connectivity index is 1.86. The molecule has 0 aliphatic heterocycles. The first kappa shape index (κ1) is 16.9. The highest BCUT2D eigenvalue weighted by molar-refractivity contribution is 5.99. The highest BCUT2D eigenvalue weighted by atomic mass is 16.2. The van der Waals surface area contributed by atoms with Crippen LogP contribution in [0.15, 0.2) is 42.5 Å². The summed E-state index contributed by atoms with van der Waals surface area (Å²) in [6.07, 6.45) is 0.460. The number of carbonyl (C=O) groups is 2. The summed E-state index contributed by atoms with van der Waals surface area (Å²) in [5, 5.41) is 2.88. The summed E-state index contributed by atoms with van der Waals surface area (Å²) >= 11 is 0.